The number of aromatic nitrogens is 1. The summed E-state index contributed by atoms with van der Waals surface area (Å²) in [5.74, 6) is 0.303. The highest BCUT2D eigenvalue weighted by atomic mass is 35.5. The number of nitrogens with one attached hydrogen (secondary N) is 3. The molecule has 0 bridgehead atoms. The van der Waals surface area contributed by atoms with Crippen LogP contribution in [0.3, 0.4) is 0 Å². The molecular formula is C24H31ClF2N4O. The average Bonchev–Trinajstić information content (AvgIpc) is 3.53. The van der Waals surface area contributed by atoms with Gasteiger partial charge in [0.1, 0.15) is 17.3 Å². The lowest BCUT2D eigenvalue weighted by atomic mass is 9.91. The fraction of sp³-hybridized carbons (Fsp3) is 0.542. The molecule has 0 unspecified atom stereocenters. The van der Waals surface area contributed by atoms with Crippen LogP contribution in [0.1, 0.15) is 38.5 Å². The van der Waals surface area contributed by atoms with Crippen LogP contribution in [0.5, 0.6) is 0 Å². The number of anilines is 2. The fourth-order valence-corrected chi connectivity index (χ4v) is 4.36. The Morgan fingerprint density at radius 3 is 2.59 bits per heavy atom. The number of hydrogen-bond acceptors (Lipinski definition) is 5. The molecule has 0 saturated heterocycles. The Bertz CT molecular complexity index is 917. The van der Waals surface area contributed by atoms with E-state index in [9.17, 15) is 8.78 Å². The minimum absolute atomic E-state index is 0.234. The first kappa shape index (κ1) is 23.2. The lowest BCUT2D eigenvalue weighted by molar-refractivity contribution is 0.191. The van der Waals surface area contributed by atoms with Gasteiger partial charge in [-0.2, -0.15) is 0 Å². The van der Waals surface area contributed by atoms with Crippen molar-refractivity contribution in [3.63, 3.8) is 0 Å². The number of alkyl halides is 1. The molecule has 174 valence electrons. The monoisotopic (exact) mass is 464 g/mol. The van der Waals surface area contributed by atoms with Crippen LogP contribution in [-0.4, -0.2) is 49.5 Å². The summed E-state index contributed by atoms with van der Waals surface area (Å²) in [5.41, 5.74) is 0.493. The van der Waals surface area contributed by atoms with Crippen molar-refractivity contribution < 1.29 is 13.5 Å². The maximum Gasteiger partial charge on any atom is 0.131 e. The van der Waals surface area contributed by atoms with Crippen LogP contribution in [0, 0.1) is 5.82 Å². The third kappa shape index (κ3) is 6.09. The SMILES string of the molecule is COCCN[C@H]1CC[C@H](Nc2cc(-c3cc(NCC4(F)CC4)ccc3F)c(Cl)cn2)CC1. The lowest BCUT2D eigenvalue weighted by Gasteiger charge is -2.30. The number of ether oxygens (including phenoxy) is 1. The predicted molar refractivity (Wildman–Crippen MR) is 126 cm³/mol. The highest BCUT2D eigenvalue weighted by molar-refractivity contribution is 6.33. The molecule has 2 aliphatic rings. The largest absolute Gasteiger partial charge is 0.383 e. The van der Waals surface area contributed by atoms with E-state index in [1.54, 1.807) is 31.5 Å². The van der Waals surface area contributed by atoms with E-state index in [4.69, 9.17) is 16.3 Å². The first-order chi connectivity index (χ1) is 15.5. The second-order valence-corrected chi connectivity index (χ2v) is 9.30. The minimum atomic E-state index is -1.13. The summed E-state index contributed by atoms with van der Waals surface area (Å²) >= 11 is 6.38. The third-order valence-electron chi connectivity index (χ3n) is 6.33. The van der Waals surface area contributed by atoms with E-state index in [0.29, 0.717) is 52.6 Å². The number of nitrogens with zero attached hydrogens (tertiary/aromatic N) is 1. The van der Waals surface area contributed by atoms with Crippen molar-refractivity contribution in [3.05, 3.63) is 41.3 Å². The molecule has 4 rings (SSSR count). The van der Waals surface area contributed by atoms with Gasteiger partial charge in [-0.15, -0.1) is 0 Å². The zero-order valence-corrected chi connectivity index (χ0v) is 19.2. The van der Waals surface area contributed by atoms with Gasteiger partial charge in [0.05, 0.1) is 11.6 Å². The van der Waals surface area contributed by atoms with Crippen molar-refractivity contribution >= 4 is 23.1 Å². The summed E-state index contributed by atoms with van der Waals surface area (Å²) in [6, 6.07) is 7.32. The molecule has 3 N–H and O–H groups in total. The van der Waals surface area contributed by atoms with Crippen molar-refractivity contribution in [3.8, 4) is 11.1 Å². The van der Waals surface area contributed by atoms with E-state index in [1.165, 1.54) is 6.07 Å². The van der Waals surface area contributed by atoms with Gasteiger partial charge in [-0.3, -0.25) is 0 Å². The highest BCUT2D eigenvalue weighted by Crippen LogP contribution is 2.40. The Balaban J connectivity index is 1.41. The zero-order valence-electron chi connectivity index (χ0n) is 18.4. The number of halogens is 3. The molecule has 1 aromatic heterocycles. The standard InChI is InChI=1S/C24H31ClF2N4O/c1-32-11-10-28-16-2-4-17(5-3-16)31-23-13-19(21(25)14-29-23)20-12-18(6-7-22(20)26)30-15-24(27)8-9-24/h6-7,12-14,16-17,28,30H,2-5,8-11,15H2,1H3,(H,29,31)/t16-,17-. The molecule has 2 aromatic rings. The van der Waals surface area contributed by atoms with Gasteiger partial charge in [-0.1, -0.05) is 11.6 Å². The molecule has 0 atom stereocenters. The van der Waals surface area contributed by atoms with Gasteiger partial charge < -0.3 is 20.7 Å². The number of methoxy groups -OCH3 is 1. The van der Waals surface area contributed by atoms with Crippen LogP contribution in [0.4, 0.5) is 20.3 Å². The Morgan fingerprint density at radius 1 is 1.12 bits per heavy atom. The van der Waals surface area contributed by atoms with E-state index in [1.807, 2.05) is 0 Å². The van der Waals surface area contributed by atoms with Gasteiger partial charge in [-0.25, -0.2) is 13.8 Å². The van der Waals surface area contributed by atoms with Gasteiger partial charge in [-0.05, 0) is 62.8 Å². The van der Waals surface area contributed by atoms with Gasteiger partial charge >= 0.3 is 0 Å². The molecule has 0 aliphatic heterocycles. The van der Waals surface area contributed by atoms with Crippen molar-refractivity contribution in [1.29, 1.82) is 0 Å². The van der Waals surface area contributed by atoms with Gasteiger partial charge in [0.25, 0.3) is 0 Å². The maximum absolute atomic E-state index is 14.7. The van der Waals surface area contributed by atoms with Crippen molar-refractivity contribution in [2.75, 3.05) is 37.4 Å². The number of hydrogen-bond donors (Lipinski definition) is 3. The summed E-state index contributed by atoms with van der Waals surface area (Å²) in [4.78, 5) is 4.40. The number of rotatable bonds is 10. The first-order valence-corrected chi connectivity index (χ1v) is 11.7. The van der Waals surface area contributed by atoms with E-state index in [2.05, 4.69) is 20.9 Å². The Hall–Kier alpha value is -1.96. The summed E-state index contributed by atoms with van der Waals surface area (Å²) in [7, 11) is 1.71. The number of pyridine rings is 1. The normalized spacial score (nSPS) is 21.9. The predicted octanol–water partition coefficient (Wildman–Crippen LogP) is 5.41. The maximum atomic E-state index is 14.7. The summed E-state index contributed by atoms with van der Waals surface area (Å²) in [6.07, 6.45) is 6.93. The van der Waals surface area contributed by atoms with E-state index < -0.39 is 5.67 Å². The Kier molecular flexibility index (Phi) is 7.48. The zero-order chi connectivity index (χ0) is 22.6. The van der Waals surface area contributed by atoms with Crippen LogP contribution < -0.4 is 16.0 Å². The minimum Gasteiger partial charge on any atom is -0.383 e. The average molecular weight is 465 g/mol. The second-order valence-electron chi connectivity index (χ2n) is 8.89. The second kappa shape index (κ2) is 10.3. The molecule has 2 aliphatic carbocycles. The van der Waals surface area contributed by atoms with Crippen LogP contribution in [-0.2, 0) is 4.74 Å². The number of benzene rings is 1. The van der Waals surface area contributed by atoms with Crippen molar-refractivity contribution in [2.24, 2.45) is 0 Å². The third-order valence-corrected chi connectivity index (χ3v) is 6.63. The molecular weight excluding hydrogens is 434 g/mol. The molecule has 8 heteroatoms. The molecule has 5 nitrogen and oxygen atoms in total. The smallest absolute Gasteiger partial charge is 0.131 e. The Labute approximate surface area is 193 Å². The molecule has 1 heterocycles. The van der Waals surface area contributed by atoms with Crippen LogP contribution >= 0.6 is 11.6 Å². The van der Waals surface area contributed by atoms with Gasteiger partial charge in [0.2, 0.25) is 0 Å². The van der Waals surface area contributed by atoms with Crippen molar-refractivity contribution in [1.82, 2.24) is 10.3 Å². The molecule has 2 saturated carbocycles. The molecule has 2 fully saturated rings. The highest BCUT2D eigenvalue weighted by Gasteiger charge is 2.42. The first-order valence-electron chi connectivity index (χ1n) is 11.3. The molecule has 0 amide bonds. The van der Waals surface area contributed by atoms with Crippen molar-refractivity contribution in [2.45, 2.75) is 56.3 Å². The van der Waals surface area contributed by atoms with E-state index in [-0.39, 0.29) is 12.4 Å². The summed E-state index contributed by atoms with van der Waals surface area (Å²) in [5, 5.41) is 10.5. The molecule has 0 radical (unpaired) electrons. The molecule has 1 aromatic carbocycles. The van der Waals surface area contributed by atoms with Crippen LogP contribution in [0.15, 0.2) is 30.5 Å². The quantitative estimate of drug-likeness (QED) is 0.410. The van der Waals surface area contributed by atoms with Gasteiger partial charge in [0, 0.05) is 55.3 Å². The topological polar surface area (TPSA) is 58.2 Å². The fourth-order valence-electron chi connectivity index (χ4n) is 4.15. The van der Waals surface area contributed by atoms with E-state index in [0.717, 1.165) is 38.8 Å². The van der Waals surface area contributed by atoms with E-state index >= 15 is 0 Å². The summed E-state index contributed by atoms with van der Waals surface area (Å²) < 4.78 is 33.7. The molecule has 0 spiro atoms. The van der Waals surface area contributed by atoms with Crippen LogP contribution in [0.2, 0.25) is 5.02 Å². The molecule has 32 heavy (non-hydrogen) atoms. The van der Waals surface area contributed by atoms with Crippen LogP contribution in [0.25, 0.3) is 11.1 Å². The Morgan fingerprint density at radius 2 is 1.88 bits per heavy atom. The van der Waals surface area contributed by atoms with Gasteiger partial charge in [0.15, 0.2) is 0 Å². The lowest BCUT2D eigenvalue weighted by Crippen LogP contribution is -2.38. The summed E-state index contributed by atoms with van der Waals surface area (Å²) in [6.45, 7) is 1.82.